The zero-order valence-corrected chi connectivity index (χ0v) is 11.9. The SMILES string of the molecule is c1cc(NCCNC2CCCCC2)c2cccnc2c1. The third kappa shape index (κ3) is 3.28. The molecule has 2 aromatic rings. The molecule has 1 fully saturated rings. The molecule has 1 aliphatic rings. The Morgan fingerprint density at radius 3 is 2.80 bits per heavy atom. The number of fused-ring (bicyclic) bond motifs is 1. The summed E-state index contributed by atoms with van der Waals surface area (Å²) in [5.41, 5.74) is 2.23. The maximum absolute atomic E-state index is 4.39. The molecular formula is C17H23N3. The summed E-state index contributed by atoms with van der Waals surface area (Å²) in [7, 11) is 0. The van der Waals surface area contributed by atoms with Crippen molar-refractivity contribution in [1.82, 2.24) is 10.3 Å². The molecule has 2 N–H and O–H groups in total. The second kappa shape index (κ2) is 6.71. The highest BCUT2D eigenvalue weighted by molar-refractivity contribution is 5.91. The van der Waals surface area contributed by atoms with Crippen LogP contribution in [0.25, 0.3) is 10.9 Å². The first-order valence-corrected chi connectivity index (χ1v) is 7.74. The number of nitrogens with one attached hydrogen (secondary N) is 2. The van der Waals surface area contributed by atoms with Crippen molar-refractivity contribution < 1.29 is 0 Å². The Bertz CT molecular complexity index is 541. The lowest BCUT2D eigenvalue weighted by Gasteiger charge is -2.23. The van der Waals surface area contributed by atoms with E-state index in [1.165, 1.54) is 43.2 Å². The standard InChI is InChI=1S/C17H23N3/c1-2-6-14(7-3-1)18-12-13-20-17-10-4-9-16-15(17)8-5-11-19-16/h4-5,8-11,14,18,20H,1-3,6-7,12-13H2. The van der Waals surface area contributed by atoms with E-state index in [1.807, 2.05) is 12.3 Å². The molecule has 1 saturated carbocycles. The Hall–Kier alpha value is -1.61. The number of anilines is 1. The van der Waals surface area contributed by atoms with Crippen molar-refractivity contribution in [3.05, 3.63) is 36.5 Å². The summed E-state index contributed by atoms with van der Waals surface area (Å²) in [5, 5.41) is 8.39. The van der Waals surface area contributed by atoms with E-state index in [0.29, 0.717) is 0 Å². The van der Waals surface area contributed by atoms with E-state index in [1.54, 1.807) is 0 Å². The number of nitrogens with zero attached hydrogens (tertiary/aromatic N) is 1. The van der Waals surface area contributed by atoms with Gasteiger partial charge >= 0.3 is 0 Å². The summed E-state index contributed by atoms with van der Waals surface area (Å²) in [6.45, 7) is 1.99. The highest BCUT2D eigenvalue weighted by Crippen LogP contribution is 2.21. The molecule has 1 aromatic carbocycles. The molecule has 106 valence electrons. The van der Waals surface area contributed by atoms with Crippen molar-refractivity contribution in [3.63, 3.8) is 0 Å². The van der Waals surface area contributed by atoms with Crippen LogP contribution in [0.5, 0.6) is 0 Å². The van der Waals surface area contributed by atoms with Crippen molar-refractivity contribution >= 4 is 16.6 Å². The van der Waals surface area contributed by atoms with Crippen LogP contribution >= 0.6 is 0 Å². The van der Waals surface area contributed by atoms with Gasteiger partial charge in [0, 0.05) is 36.4 Å². The van der Waals surface area contributed by atoms with Crippen molar-refractivity contribution in [3.8, 4) is 0 Å². The number of hydrogen-bond donors (Lipinski definition) is 2. The Labute approximate surface area is 120 Å². The molecule has 3 heteroatoms. The van der Waals surface area contributed by atoms with Crippen molar-refractivity contribution in [2.45, 2.75) is 38.1 Å². The minimum atomic E-state index is 0.736. The zero-order chi connectivity index (χ0) is 13.6. The van der Waals surface area contributed by atoms with Crippen molar-refractivity contribution in [1.29, 1.82) is 0 Å². The third-order valence-corrected chi connectivity index (χ3v) is 4.12. The van der Waals surface area contributed by atoms with E-state index >= 15 is 0 Å². The van der Waals surface area contributed by atoms with Gasteiger partial charge in [-0.05, 0) is 37.1 Å². The van der Waals surface area contributed by atoms with Gasteiger partial charge in [0.25, 0.3) is 0 Å². The molecule has 1 heterocycles. The van der Waals surface area contributed by atoms with Crippen LogP contribution in [-0.2, 0) is 0 Å². The van der Waals surface area contributed by atoms with Gasteiger partial charge in [0.15, 0.2) is 0 Å². The second-order valence-electron chi connectivity index (χ2n) is 5.59. The molecule has 3 rings (SSSR count). The van der Waals surface area contributed by atoms with Crippen LogP contribution in [0, 0.1) is 0 Å². The Morgan fingerprint density at radius 2 is 1.90 bits per heavy atom. The molecule has 1 aliphatic carbocycles. The van der Waals surface area contributed by atoms with E-state index in [0.717, 1.165) is 24.6 Å². The summed E-state index contributed by atoms with van der Waals surface area (Å²) in [5.74, 6) is 0. The predicted octanol–water partition coefficient (Wildman–Crippen LogP) is 3.57. The molecule has 0 amide bonds. The number of aromatic nitrogens is 1. The van der Waals surface area contributed by atoms with Gasteiger partial charge in [-0.2, -0.15) is 0 Å². The van der Waals surface area contributed by atoms with Crippen LogP contribution < -0.4 is 10.6 Å². The molecular weight excluding hydrogens is 246 g/mol. The molecule has 20 heavy (non-hydrogen) atoms. The lowest BCUT2D eigenvalue weighted by Crippen LogP contribution is -2.34. The first-order chi connectivity index (χ1) is 9.93. The summed E-state index contributed by atoms with van der Waals surface area (Å²) >= 11 is 0. The minimum Gasteiger partial charge on any atom is -0.383 e. The average molecular weight is 269 g/mol. The molecule has 0 unspecified atom stereocenters. The first kappa shape index (κ1) is 13.4. The van der Waals surface area contributed by atoms with Gasteiger partial charge < -0.3 is 10.6 Å². The fraction of sp³-hybridized carbons (Fsp3) is 0.471. The number of hydrogen-bond acceptors (Lipinski definition) is 3. The van der Waals surface area contributed by atoms with Gasteiger partial charge in [-0.3, -0.25) is 4.98 Å². The Balaban J connectivity index is 1.52. The van der Waals surface area contributed by atoms with Gasteiger partial charge in [-0.15, -0.1) is 0 Å². The van der Waals surface area contributed by atoms with Crippen molar-refractivity contribution in [2.75, 3.05) is 18.4 Å². The fourth-order valence-corrected chi connectivity index (χ4v) is 3.04. The Kier molecular flexibility index (Phi) is 4.49. The number of rotatable bonds is 5. The quantitative estimate of drug-likeness (QED) is 0.815. The number of benzene rings is 1. The van der Waals surface area contributed by atoms with Crippen LogP contribution in [0.15, 0.2) is 36.5 Å². The van der Waals surface area contributed by atoms with Crippen LogP contribution in [0.1, 0.15) is 32.1 Å². The Morgan fingerprint density at radius 1 is 1.00 bits per heavy atom. The maximum Gasteiger partial charge on any atom is 0.0722 e. The van der Waals surface area contributed by atoms with Gasteiger partial charge in [0.1, 0.15) is 0 Å². The number of pyridine rings is 1. The van der Waals surface area contributed by atoms with Gasteiger partial charge in [-0.25, -0.2) is 0 Å². The van der Waals surface area contributed by atoms with Gasteiger partial charge in [0.05, 0.1) is 5.52 Å². The summed E-state index contributed by atoms with van der Waals surface area (Å²) in [4.78, 5) is 4.39. The van der Waals surface area contributed by atoms with Gasteiger partial charge in [-0.1, -0.05) is 25.3 Å². The van der Waals surface area contributed by atoms with Crippen LogP contribution in [-0.4, -0.2) is 24.1 Å². The summed E-state index contributed by atoms with van der Waals surface area (Å²) in [6, 6.07) is 11.1. The lowest BCUT2D eigenvalue weighted by molar-refractivity contribution is 0.378. The molecule has 0 atom stereocenters. The average Bonchev–Trinajstić information content (AvgIpc) is 2.53. The highest BCUT2D eigenvalue weighted by Gasteiger charge is 2.11. The maximum atomic E-state index is 4.39. The molecule has 0 spiro atoms. The monoisotopic (exact) mass is 269 g/mol. The van der Waals surface area contributed by atoms with E-state index < -0.39 is 0 Å². The fourth-order valence-electron chi connectivity index (χ4n) is 3.04. The summed E-state index contributed by atoms with van der Waals surface area (Å²) in [6.07, 6.45) is 8.73. The van der Waals surface area contributed by atoms with E-state index in [2.05, 4.69) is 39.9 Å². The van der Waals surface area contributed by atoms with E-state index in [-0.39, 0.29) is 0 Å². The highest BCUT2D eigenvalue weighted by atomic mass is 15.0. The first-order valence-electron chi connectivity index (χ1n) is 7.74. The molecule has 0 bridgehead atoms. The van der Waals surface area contributed by atoms with Crippen LogP contribution in [0.3, 0.4) is 0 Å². The lowest BCUT2D eigenvalue weighted by atomic mass is 9.95. The zero-order valence-electron chi connectivity index (χ0n) is 11.9. The smallest absolute Gasteiger partial charge is 0.0722 e. The normalized spacial score (nSPS) is 16.4. The molecule has 0 aliphatic heterocycles. The van der Waals surface area contributed by atoms with Gasteiger partial charge in [0.2, 0.25) is 0 Å². The van der Waals surface area contributed by atoms with Crippen LogP contribution in [0.2, 0.25) is 0 Å². The molecule has 0 radical (unpaired) electrons. The van der Waals surface area contributed by atoms with E-state index in [4.69, 9.17) is 0 Å². The molecule has 0 saturated heterocycles. The minimum absolute atomic E-state index is 0.736. The topological polar surface area (TPSA) is 37.0 Å². The van der Waals surface area contributed by atoms with Crippen molar-refractivity contribution in [2.24, 2.45) is 0 Å². The predicted molar refractivity (Wildman–Crippen MR) is 85.1 cm³/mol. The second-order valence-corrected chi connectivity index (χ2v) is 5.59. The largest absolute Gasteiger partial charge is 0.383 e. The van der Waals surface area contributed by atoms with Crippen LogP contribution in [0.4, 0.5) is 5.69 Å². The van der Waals surface area contributed by atoms with E-state index in [9.17, 15) is 0 Å². The third-order valence-electron chi connectivity index (χ3n) is 4.12. The summed E-state index contributed by atoms with van der Waals surface area (Å²) < 4.78 is 0. The molecule has 1 aromatic heterocycles. The molecule has 3 nitrogen and oxygen atoms in total.